The molecular formula is C13H19Cl2NO. The standard InChI is InChI=1S/C13H19Cl2NO/c1-3-17-7-6-12(16-2)9-10-8-11(14)4-5-13(10)15/h4-5,8,12,16H,3,6-7,9H2,1-2H3. The Balaban J connectivity index is 2.57. The van der Waals surface area contributed by atoms with Crippen LogP contribution in [0.15, 0.2) is 18.2 Å². The summed E-state index contributed by atoms with van der Waals surface area (Å²) in [5, 5.41) is 4.77. The molecule has 0 heterocycles. The molecule has 1 unspecified atom stereocenters. The Morgan fingerprint density at radius 3 is 2.76 bits per heavy atom. The molecule has 0 fully saturated rings. The van der Waals surface area contributed by atoms with Crippen molar-refractivity contribution in [1.82, 2.24) is 5.32 Å². The fourth-order valence-electron chi connectivity index (χ4n) is 1.68. The maximum Gasteiger partial charge on any atom is 0.0480 e. The fourth-order valence-corrected chi connectivity index (χ4v) is 2.07. The summed E-state index contributed by atoms with van der Waals surface area (Å²) in [6, 6.07) is 5.93. The van der Waals surface area contributed by atoms with Crippen molar-refractivity contribution in [2.24, 2.45) is 0 Å². The molecule has 0 aliphatic heterocycles. The van der Waals surface area contributed by atoms with Gasteiger partial charge in [0, 0.05) is 29.3 Å². The molecule has 1 aromatic rings. The molecule has 0 radical (unpaired) electrons. The van der Waals surface area contributed by atoms with Crippen LogP contribution in [-0.4, -0.2) is 26.3 Å². The molecule has 4 heteroatoms. The summed E-state index contributed by atoms with van der Waals surface area (Å²) in [5.41, 5.74) is 1.08. The van der Waals surface area contributed by atoms with Gasteiger partial charge in [-0.1, -0.05) is 23.2 Å². The van der Waals surface area contributed by atoms with Crippen molar-refractivity contribution in [2.45, 2.75) is 25.8 Å². The molecule has 1 aromatic carbocycles. The van der Waals surface area contributed by atoms with E-state index in [2.05, 4.69) is 5.32 Å². The minimum atomic E-state index is 0.359. The number of hydrogen-bond donors (Lipinski definition) is 1. The van der Waals surface area contributed by atoms with Gasteiger partial charge in [0.2, 0.25) is 0 Å². The van der Waals surface area contributed by atoms with Crippen molar-refractivity contribution in [3.63, 3.8) is 0 Å². The number of benzene rings is 1. The minimum Gasteiger partial charge on any atom is -0.382 e. The monoisotopic (exact) mass is 275 g/mol. The van der Waals surface area contributed by atoms with Gasteiger partial charge < -0.3 is 10.1 Å². The Bertz CT molecular complexity index is 344. The maximum atomic E-state index is 6.14. The largest absolute Gasteiger partial charge is 0.382 e. The number of hydrogen-bond acceptors (Lipinski definition) is 2. The minimum absolute atomic E-state index is 0.359. The van der Waals surface area contributed by atoms with E-state index in [9.17, 15) is 0 Å². The van der Waals surface area contributed by atoms with Crippen molar-refractivity contribution in [2.75, 3.05) is 20.3 Å². The van der Waals surface area contributed by atoms with Crippen molar-refractivity contribution < 1.29 is 4.74 Å². The fraction of sp³-hybridized carbons (Fsp3) is 0.538. The van der Waals surface area contributed by atoms with Gasteiger partial charge in [0.15, 0.2) is 0 Å². The molecule has 17 heavy (non-hydrogen) atoms. The van der Waals surface area contributed by atoms with Crippen LogP contribution in [-0.2, 0) is 11.2 Å². The molecule has 0 amide bonds. The zero-order valence-electron chi connectivity index (χ0n) is 10.3. The summed E-state index contributed by atoms with van der Waals surface area (Å²) in [4.78, 5) is 0. The molecule has 1 rings (SSSR count). The van der Waals surface area contributed by atoms with Crippen LogP contribution < -0.4 is 5.32 Å². The quantitative estimate of drug-likeness (QED) is 0.769. The van der Waals surface area contributed by atoms with Crippen LogP contribution in [0.1, 0.15) is 18.9 Å². The maximum absolute atomic E-state index is 6.14. The highest BCUT2D eigenvalue weighted by Gasteiger charge is 2.10. The van der Waals surface area contributed by atoms with Gasteiger partial charge in [-0.05, 0) is 50.6 Å². The second kappa shape index (κ2) is 7.93. The summed E-state index contributed by atoms with van der Waals surface area (Å²) in [6.07, 6.45) is 1.83. The first-order valence-corrected chi connectivity index (χ1v) is 6.62. The number of ether oxygens (including phenoxy) is 1. The summed E-state index contributed by atoms with van der Waals surface area (Å²) in [5.74, 6) is 0. The summed E-state index contributed by atoms with van der Waals surface area (Å²) < 4.78 is 5.36. The van der Waals surface area contributed by atoms with Crippen LogP contribution in [0.2, 0.25) is 10.0 Å². The molecule has 2 nitrogen and oxygen atoms in total. The van der Waals surface area contributed by atoms with Gasteiger partial charge in [0.25, 0.3) is 0 Å². The van der Waals surface area contributed by atoms with Crippen LogP contribution in [0.3, 0.4) is 0 Å². The average Bonchev–Trinajstić information content (AvgIpc) is 2.32. The molecule has 1 N–H and O–H groups in total. The Kier molecular flexibility index (Phi) is 6.90. The first kappa shape index (κ1) is 14.8. The van der Waals surface area contributed by atoms with E-state index in [0.717, 1.165) is 41.7 Å². The number of rotatable bonds is 7. The second-order valence-electron chi connectivity index (χ2n) is 3.91. The Morgan fingerprint density at radius 1 is 1.35 bits per heavy atom. The summed E-state index contributed by atoms with van der Waals surface area (Å²) in [7, 11) is 1.95. The van der Waals surface area contributed by atoms with Gasteiger partial charge in [0.05, 0.1) is 0 Å². The molecule has 0 aliphatic rings. The van der Waals surface area contributed by atoms with E-state index in [4.69, 9.17) is 27.9 Å². The van der Waals surface area contributed by atoms with Crippen LogP contribution in [0.5, 0.6) is 0 Å². The highest BCUT2D eigenvalue weighted by atomic mass is 35.5. The zero-order chi connectivity index (χ0) is 12.7. The molecule has 0 spiro atoms. The molecular weight excluding hydrogens is 257 g/mol. The Labute approximate surface area is 113 Å². The highest BCUT2D eigenvalue weighted by Crippen LogP contribution is 2.22. The SMILES string of the molecule is CCOCCC(Cc1cc(Cl)ccc1Cl)NC. The van der Waals surface area contributed by atoms with Gasteiger partial charge in [-0.3, -0.25) is 0 Å². The normalized spacial score (nSPS) is 12.7. The van der Waals surface area contributed by atoms with Crippen molar-refractivity contribution >= 4 is 23.2 Å². The first-order chi connectivity index (χ1) is 8.17. The molecule has 0 aromatic heterocycles. The number of nitrogens with one attached hydrogen (secondary N) is 1. The van der Waals surface area contributed by atoms with E-state index < -0.39 is 0 Å². The van der Waals surface area contributed by atoms with Gasteiger partial charge in [-0.25, -0.2) is 0 Å². The first-order valence-electron chi connectivity index (χ1n) is 5.86. The van der Waals surface area contributed by atoms with Crippen LogP contribution in [0, 0.1) is 0 Å². The van der Waals surface area contributed by atoms with Crippen molar-refractivity contribution in [3.05, 3.63) is 33.8 Å². The van der Waals surface area contributed by atoms with E-state index in [1.807, 2.05) is 32.2 Å². The molecule has 0 saturated carbocycles. The Hall–Kier alpha value is -0.280. The van der Waals surface area contributed by atoms with Crippen molar-refractivity contribution in [1.29, 1.82) is 0 Å². The second-order valence-corrected chi connectivity index (χ2v) is 4.75. The van der Waals surface area contributed by atoms with E-state index in [1.165, 1.54) is 0 Å². The topological polar surface area (TPSA) is 21.3 Å². The highest BCUT2D eigenvalue weighted by molar-refractivity contribution is 6.33. The van der Waals surface area contributed by atoms with Gasteiger partial charge >= 0.3 is 0 Å². The van der Waals surface area contributed by atoms with Gasteiger partial charge in [-0.2, -0.15) is 0 Å². The number of halogens is 2. The lowest BCUT2D eigenvalue weighted by Gasteiger charge is -2.17. The smallest absolute Gasteiger partial charge is 0.0480 e. The Morgan fingerprint density at radius 2 is 2.12 bits per heavy atom. The van der Waals surface area contributed by atoms with Crippen LogP contribution in [0.25, 0.3) is 0 Å². The third-order valence-electron chi connectivity index (χ3n) is 2.70. The van der Waals surface area contributed by atoms with Crippen LogP contribution >= 0.6 is 23.2 Å². The lowest BCUT2D eigenvalue weighted by atomic mass is 10.0. The molecule has 96 valence electrons. The van der Waals surface area contributed by atoms with E-state index in [-0.39, 0.29) is 0 Å². The predicted molar refractivity (Wildman–Crippen MR) is 74.1 cm³/mol. The summed E-state index contributed by atoms with van der Waals surface area (Å²) in [6.45, 7) is 3.52. The van der Waals surface area contributed by atoms with Gasteiger partial charge in [-0.15, -0.1) is 0 Å². The van der Waals surface area contributed by atoms with Gasteiger partial charge in [0.1, 0.15) is 0 Å². The average molecular weight is 276 g/mol. The molecule has 1 atom stereocenters. The third kappa shape index (κ3) is 5.26. The summed E-state index contributed by atoms with van der Waals surface area (Å²) >= 11 is 12.1. The van der Waals surface area contributed by atoms with E-state index >= 15 is 0 Å². The van der Waals surface area contributed by atoms with E-state index in [0.29, 0.717) is 6.04 Å². The van der Waals surface area contributed by atoms with Crippen molar-refractivity contribution in [3.8, 4) is 0 Å². The van der Waals surface area contributed by atoms with Crippen LogP contribution in [0.4, 0.5) is 0 Å². The predicted octanol–water partition coefficient (Wildman–Crippen LogP) is 3.55. The molecule has 0 saturated heterocycles. The number of likely N-dealkylation sites (N-methyl/N-ethyl adjacent to an activating group) is 1. The molecule has 0 bridgehead atoms. The lowest BCUT2D eigenvalue weighted by molar-refractivity contribution is 0.137. The third-order valence-corrected chi connectivity index (χ3v) is 3.30. The van der Waals surface area contributed by atoms with E-state index in [1.54, 1.807) is 0 Å². The molecule has 0 aliphatic carbocycles. The zero-order valence-corrected chi connectivity index (χ0v) is 11.8. The lowest BCUT2D eigenvalue weighted by Crippen LogP contribution is -2.29.